The molecule has 2 amide bonds. The van der Waals surface area contributed by atoms with Crippen LogP contribution in [0, 0.1) is 13.8 Å². The van der Waals surface area contributed by atoms with Crippen LogP contribution in [0.4, 0.5) is 0 Å². The largest absolute Gasteiger partial charge is 0.347 e. The van der Waals surface area contributed by atoms with Gasteiger partial charge in [0.05, 0.1) is 10.4 Å². The molecular formula is C15H16N2O3S. The van der Waals surface area contributed by atoms with E-state index in [-0.39, 0.29) is 11.5 Å². The highest BCUT2D eigenvalue weighted by atomic mass is 32.1. The van der Waals surface area contributed by atoms with Crippen LogP contribution in [0.25, 0.3) is 0 Å². The molecule has 0 fully saturated rings. The fraction of sp³-hybridized carbons (Fsp3) is 0.200. The Morgan fingerprint density at radius 3 is 2.38 bits per heavy atom. The number of hydrogen-bond donors (Lipinski definition) is 3. The van der Waals surface area contributed by atoms with Gasteiger partial charge in [-0.25, -0.2) is 5.48 Å². The minimum atomic E-state index is -0.625. The molecular weight excluding hydrogens is 288 g/mol. The molecule has 5 nitrogen and oxygen atoms in total. The van der Waals surface area contributed by atoms with E-state index in [1.807, 2.05) is 26.0 Å². The zero-order chi connectivity index (χ0) is 15.4. The van der Waals surface area contributed by atoms with Gasteiger partial charge in [-0.05, 0) is 25.5 Å². The predicted molar refractivity (Wildman–Crippen MR) is 80.7 cm³/mol. The Kier molecular flexibility index (Phi) is 4.72. The van der Waals surface area contributed by atoms with Crippen molar-refractivity contribution in [2.24, 2.45) is 0 Å². The first-order valence-electron chi connectivity index (χ1n) is 6.38. The minimum Gasteiger partial charge on any atom is -0.347 e. The number of hydroxylamine groups is 1. The number of hydrogen-bond acceptors (Lipinski definition) is 4. The Morgan fingerprint density at radius 1 is 1.10 bits per heavy atom. The van der Waals surface area contributed by atoms with Crippen molar-refractivity contribution in [3.8, 4) is 0 Å². The van der Waals surface area contributed by atoms with Crippen LogP contribution in [0.5, 0.6) is 0 Å². The molecule has 0 unspecified atom stereocenters. The Labute approximate surface area is 126 Å². The summed E-state index contributed by atoms with van der Waals surface area (Å²) in [5.74, 6) is -0.865. The van der Waals surface area contributed by atoms with Crippen molar-refractivity contribution in [2.75, 3.05) is 0 Å². The van der Waals surface area contributed by atoms with Crippen LogP contribution >= 0.6 is 11.3 Å². The molecule has 0 bridgehead atoms. The molecule has 0 atom stereocenters. The smallest absolute Gasteiger partial charge is 0.275 e. The van der Waals surface area contributed by atoms with Crippen molar-refractivity contribution in [3.63, 3.8) is 0 Å². The van der Waals surface area contributed by atoms with Gasteiger partial charge in [-0.15, -0.1) is 11.3 Å². The molecule has 0 spiro atoms. The highest BCUT2D eigenvalue weighted by Crippen LogP contribution is 2.15. The van der Waals surface area contributed by atoms with E-state index in [1.165, 1.54) is 16.9 Å². The second-order valence-corrected chi connectivity index (χ2v) is 5.73. The molecule has 21 heavy (non-hydrogen) atoms. The van der Waals surface area contributed by atoms with E-state index in [0.717, 1.165) is 28.0 Å². The Bertz CT molecular complexity index is 659. The number of benzene rings is 1. The molecule has 0 saturated carbocycles. The van der Waals surface area contributed by atoms with E-state index in [0.29, 0.717) is 11.4 Å². The molecule has 3 N–H and O–H groups in total. The van der Waals surface area contributed by atoms with Gasteiger partial charge in [0.2, 0.25) is 0 Å². The Hall–Kier alpha value is -2.18. The van der Waals surface area contributed by atoms with Crippen molar-refractivity contribution in [1.82, 2.24) is 10.8 Å². The number of thiophene rings is 1. The number of nitrogens with one attached hydrogen (secondary N) is 2. The summed E-state index contributed by atoms with van der Waals surface area (Å²) < 4.78 is 0. The molecule has 1 aromatic heterocycles. The maximum atomic E-state index is 12.0. The fourth-order valence-corrected chi connectivity index (χ4v) is 2.88. The molecule has 0 radical (unpaired) electrons. The average Bonchev–Trinajstić information content (AvgIpc) is 2.92. The van der Waals surface area contributed by atoms with Gasteiger partial charge >= 0.3 is 0 Å². The number of rotatable bonds is 4. The predicted octanol–water partition coefficient (Wildman–Crippen LogP) is 2.41. The van der Waals surface area contributed by atoms with Crippen molar-refractivity contribution < 1.29 is 14.8 Å². The zero-order valence-corrected chi connectivity index (χ0v) is 12.6. The topological polar surface area (TPSA) is 78.4 Å². The summed E-state index contributed by atoms with van der Waals surface area (Å²) in [5, 5.41) is 12.9. The number of amides is 2. The Balaban J connectivity index is 2.01. The van der Waals surface area contributed by atoms with Crippen LogP contribution in [0.1, 0.15) is 36.7 Å². The van der Waals surface area contributed by atoms with Crippen molar-refractivity contribution >= 4 is 23.2 Å². The van der Waals surface area contributed by atoms with E-state index >= 15 is 0 Å². The highest BCUT2D eigenvalue weighted by molar-refractivity contribution is 7.12. The van der Waals surface area contributed by atoms with Gasteiger partial charge < -0.3 is 5.32 Å². The number of carbonyl (C=O) groups is 2. The standard InChI is InChI=1S/C15H16N2O3S/c1-9-3-10(2)5-11(4-9)7-16-15(19)13-6-12(8-21-13)14(18)17-20/h3-6,8,20H,7H2,1-2H3,(H,16,19)(H,17,18). The first kappa shape index (κ1) is 15.2. The molecule has 110 valence electrons. The van der Waals surface area contributed by atoms with Gasteiger partial charge in [0.15, 0.2) is 0 Å². The molecule has 0 saturated heterocycles. The summed E-state index contributed by atoms with van der Waals surface area (Å²) in [6.45, 7) is 4.45. The summed E-state index contributed by atoms with van der Waals surface area (Å²) in [7, 11) is 0. The molecule has 1 heterocycles. The van der Waals surface area contributed by atoms with E-state index < -0.39 is 5.91 Å². The SMILES string of the molecule is Cc1cc(C)cc(CNC(=O)c2cc(C(=O)NO)cs2)c1. The first-order valence-corrected chi connectivity index (χ1v) is 7.26. The summed E-state index contributed by atoms with van der Waals surface area (Å²) in [5.41, 5.74) is 5.14. The second-order valence-electron chi connectivity index (χ2n) is 4.82. The minimum absolute atomic E-state index is 0.240. The lowest BCUT2D eigenvalue weighted by molar-refractivity contribution is 0.0707. The van der Waals surface area contributed by atoms with Gasteiger partial charge in [0, 0.05) is 11.9 Å². The molecule has 0 aliphatic carbocycles. The van der Waals surface area contributed by atoms with Crippen LogP contribution in [0.2, 0.25) is 0 Å². The lowest BCUT2D eigenvalue weighted by Crippen LogP contribution is -2.22. The maximum Gasteiger partial charge on any atom is 0.275 e. The van der Waals surface area contributed by atoms with Gasteiger partial charge in [-0.2, -0.15) is 0 Å². The molecule has 2 aromatic rings. The lowest BCUT2D eigenvalue weighted by Gasteiger charge is -2.06. The summed E-state index contributed by atoms with van der Waals surface area (Å²) >= 11 is 1.16. The summed E-state index contributed by atoms with van der Waals surface area (Å²) in [6.07, 6.45) is 0. The van der Waals surface area contributed by atoms with Crippen LogP contribution in [-0.4, -0.2) is 17.0 Å². The molecule has 6 heteroatoms. The van der Waals surface area contributed by atoms with Crippen LogP contribution in [0.3, 0.4) is 0 Å². The first-order chi connectivity index (χ1) is 9.99. The van der Waals surface area contributed by atoms with E-state index in [1.54, 1.807) is 0 Å². The van der Waals surface area contributed by atoms with Crippen LogP contribution in [-0.2, 0) is 6.54 Å². The monoisotopic (exact) mass is 304 g/mol. The average molecular weight is 304 g/mol. The second kappa shape index (κ2) is 6.51. The highest BCUT2D eigenvalue weighted by Gasteiger charge is 2.12. The van der Waals surface area contributed by atoms with E-state index in [2.05, 4.69) is 11.4 Å². The maximum absolute atomic E-state index is 12.0. The normalized spacial score (nSPS) is 10.2. The van der Waals surface area contributed by atoms with Gasteiger partial charge in [0.1, 0.15) is 0 Å². The van der Waals surface area contributed by atoms with E-state index in [9.17, 15) is 9.59 Å². The molecule has 2 rings (SSSR count). The van der Waals surface area contributed by atoms with Crippen molar-refractivity contribution in [3.05, 3.63) is 56.8 Å². The van der Waals surface area contributed by atoms with Crippen LogP contribution in [0.15, 0.2) is 29.6 Å². The molecule has 1 aromatic carbocycles. The van der Waals surface area contributed by atoms with Gasteiger partial charge in [0.25, 0.3) is 11.8 Å². The summed E-state index contributed by atoms with van der Waals surface area (Å²) in [4.78, 5) is 23.7. The van der Waals surface area contributed by atoms with Gasteiger partial charge in [-0.1, -0.05) is 29.3 Å². The van der Waals surface area contributed by atoms with Crippen molar-refractivity contribution in [2.45, 2.75) is 20.4 Å². The molecule has 0 aliphatic rings. The summed E-state index contributed by atoms with van der Waals surface area (Å²) in [6, 6.07) is 7.57. The number of aryl methyl sites for hydroxylation is 2. The number of carbonyl (C=O) groups excluding carboxylic acids is 2. The van der Waals surface area contributed by atoms with Crippen LogP contribution < -0.4 is 10.8 Å². The fourth-order valence-electron chi connectivity index (χ4n) is 2.08. The Morgan fingerprint density at radius 2 is 1.76 bits per heavy atom. The molecule has 0 aliphatic heterocycles. The van der Waals surface area contributed by atoms with Gasteiger partial charge in [-0.3, -0.25) is 14.8 Å². The van der Waals surface area contributed by atoms with Crippen molar-refractivity contribution in [1.29, 1.82) is 0 Å². The quantitative estimate of drug-likeness (QED) is 0.599. The third-order valence-corrected chi connectivity index (χ3v) is 3.85. The lowest BCUT2D eigenvalue weighted by atomic mass is 10.1. The third-order valence-electron chi connectivity index (χ3n) is 2.92. The van der Waals surface area contributed by atoms with E-state index in [4.69, 9.17) is 5.21 Å². The third kappa shape index (κ3) is 3.90. The zero-order valence-electron chi connectivity index (χ0n) is 11.8.